The van der Waals surface area contributed by atoms with Crippen LogP contribution in [0.4, 0.5) is 0 Å². The van der Waals surface area contributed by atoms with Crippen LogP contribution in [0.1, 0.15) is 24.3 Å². The number of pyridine rings is 1. The fourth-order valence-corrected chi connectivity index (χ4v) is 6.50. The quantitative estimate of drug-likeness (QED) is 0.392. The fraction of sp³-hybridized carbons (Fsp3) is 0.227. The van der Waals surface area contributed by atoms with Gasteiger partial charge in [0.05, 0.1) is 0 Å². The van der Waals surface area contributed by atoms with Gasteiger partial charge in [0.15, 0.2) is 11.0 Å². The molecule has 0 bridgehead atoms. The summed E-state index contributed by atoms with van der Waals surface area (Å²) in [4.78, 5) is 5.15. The predicted molar refractivity (Wildman–Crippen MR) is 122 cm³/mol. The third kappa shape index (κ3) is 4.13. The maximum atomic E-state index is 13.4. The Kier molecular flexibility index (Phi) is 5.90. The summed E-state index contributed by atoms with van der Waals surface area (Å²) in [6.45, 7) is 0.875. The Morgan fingerprint density at radius 3 is 2.44 bits per heavy atom. The molecule has 0 atom stereocenters. The first kappa shape index (κ1) is 21.4. The summed E-state index contributed by atoms with van der Waals surface area (Å²) in [6.07, 6.45) is 3.19. The van der Waals surface area contributed by atoms with Gasteiger partial charge in [-0.2, -0.15) is 4.31 Å². The number of hydrogen-bond acceptors (Lipinski definition) is 7. The van der Waals surface area contributed by atoms with E-state index >= 15 is 0 Å². The van der Waals surface area contributed by atoms with Gasteiger partial charge in [-0.3, -0.25) is 0 Å². The van der Waals surface area contributed by atoms with Crippen molar-refractivity contribution in [3.8, 4) is 0 Å². The highest BCUT2D eigenvalue weighted by atomic mass is 35.5. The number of benzene rings is 2. The van der Waals surface area contributed by atoms with Crippen LogP contribution in [0.15, 0.2) is 80.2 Å². The Hall–Kier alpha value is -2.46. The van der Waals surface area contributed by atoms with Crippen LogP contribution >= 0.6 is 23.4 Å². The molecule has 32 heavy (non-hydrogen) atoms. The minimum atomic E-state index is -3.74. The average molecular weight is 487 g/mol. The zero-order valence-electron chi connectivity index (χ0n) is 16.9. The molecule has 10 heteroatoms. The van der Waals surface area contributed by atoms with Gasteiger partial charge in [-0.15, -0.1) is 0 Å². The van der Waals surface area contributed by atoms with Gasteiger partial charge >= 0.3 is 0 Å². The highest BCUT2D eigenvalue weighted by Gasteiger charge is 2.32. The third-order valence-corrected chi connectivity index (χ3v) is 8.79. The van der Waals surface area contributed by atoms with Gasteiger partial charge in [0.2, 0.25) is 10.0 Å². The lowest BCUT2D eigenvalue weighted by Crippen LogP contribution is -2.38. The van der Waals surface area contributed by atoms with Gasteiger partial charge in [0.25, 0.3) is 0 Å². The first-order valence-electron chi connectivity index (χ1n) is 10.1. The summed E-state index contributed by atoms with van der Waals surface area (Å²) < 4.78 is 33.3. The first-order valence-corrected chi connectivity index (χ1v) is 12.8. The van der Waals surface area contributed by atoms with Crippen molar-refractivity contribution in [2.45, 2.75) is 33.6 Å². The van der Waals surface area contributed by atoms with Crippen molar-refractivity contribution in [2.75, 3.05) is 13.1 Å². The molecule has 2 aromatic carbocycles. The van der Waals surface area contributed by atoms with E-state index in [4.69, 9.17) is 16.2 Å². The van der Waals surface area contributed by atoms with Gasteiger partial charge < -0.3 is 0 Å². The standard InChI is InChI=1S/C22H19ClN4O3S2/c23-17-6-4-15(5-7-17)16-10-13-27(14-11-16)32(28,29)19-9-8-18(21-22(19)26-30-25-21)31-20-3-1-2-12-24-20/h1-9,12,16H,10-11,13-14H2. The van der Waals surface area contributed by atoms with E-state index in [-0.39, 0.29) is 10.4 Å². The molecule has 1 saturated heterocycles. The van der Waals surface area contributed by atoms with Gasteiger partial charge in [-0.25, -0.2) is 18.0 Å². The summed E-state index contributed by atoms with van der Waals surface area (Å²) in [5, 5.41) is 9.35. The van der Waals surface area contributed by atoms with Gasteiger partial charge in [0.1, 0.15) is 9.92 Å². The topological polar surface area (TPSA) is 89.2 Å². The minimum Gasteiger partial charge on any atom is -0.250 e. The first-order chi connectivity index (χ1) is 15.5. The van der Waals surface area contributed by atoms with Crippen LogP contribution in [0.3, 0.4) is 0 Å². The second-order valence-corrected chi connectivity index (χ2v) is 10.9. The Labute approximate surface area is 194 Å². The number of aromatic nitrogens is 3. The van der Waals surface area contributed by atoms with Crippen molar-refractivity contribution in [3.63, 3.8) is 0 Å². The molecule has 0 radical (unpaired) electrons. The fourth-order valence-electron chi connectivity index (χ4n) is 3.94. The third-order valence-electron chi connectivity index (χ3n) is 5.61. The van der Waals surface area contributed by atoms with E-state index in [1.807, 2.05) is 42.5 Å². The number of halogens is 1. The molecule has 1 aliphatic heterocycles. The molecule has 0 amide bonds. The van der Waals surface area contributed by atoms with Crippen LogP contribution in [-0.2, 0) is 10.0 Å². The Balaban J connectivity index is 1.38. The molecule has 0 aliphatic carbocycles. The maximum absolute atomic E-state index is 13.4. The van der Waals surface area contributed by atoms with Crippen molar-refractivity contribution in [1.82, 2.24) is 19.6 Å². The van der Waals surface area contributed by atoms with E-state index in [0.717, 1.165) is 22.8 Å². The highest BCUT2D eigenvalue weighted by Crippen LogP contribution is 2.36. The van der Waals surface area contributed by atoms with Crippen molar-refractivity contribution in [2.24, 2.45) is 0 Å². The number of fused-ring (bicyclic) bond motifs is 1. The number of sulfonamides is 1. The van der Waals surface area contributed by atoms with Gasteiger partial charge in [-0.1, -0.05) is 41.6 Å². The van der Waals surface area contributed by atoms with E-state index in [0.29, 0.717) is 29.5 Å². The molecular formula is C22H19ClN4O3S2. The summed E-state index contributed by atoms with van der Waals surface area (Å²) in [7, 11) is -3.74. The van der Waals surface area contributed by atoms with Crippen LogP contribution in [0.25, 0.3) is 11.0 Å². The van der Waals surface area contributed by atoms with E-state index < -0.39 is 10.0 Å². The second kappa shape index (κ2) is 8.82. The monoisotopic (exact) mass is 486 g/mol. The van der Waals surface area contributed by atoms with Crippen LogP contribution in [-0.4, -0.2) is 41.1 Å². The summed E-state index contributed by atoms with van der Waals surface area (Å²) >= 11 is 7.37. The molecule has 2 aromatic heterocycles. The lowest BCUT2D eigenvalue weighted by atomic mass is 9.90. The molecule has 7 nitrogen and oxygen atoms in total. The molecule has 0 unspecified atom stereocenters. The summed E-state index contributed by atoms with van der Waals surface area (Å²) in [5.74, 6) is 0.310. The molecule has 5 rings (SSSR count). The molecule has 4 aromatic rings. The summed E-state index contributed by atoms with van der Waals surface area (Å²) in [5.41, 5.74) is 1.84. The molecule has 3 heterocycles. The molecule has 1 aliphatic rings. The zero-order valence-corrected chi connectivity index (χ0v) is 19.3. The molecule has 1 fully saturated rings. The smallest absolute Gasteiger partial charge is 0.245 e. The SMILES string of the molecule is O=S(=O)(c1ccc(Sc2ccccn2)c2nonc12)N1CCC(c2ccc(Cl)cc2)CC1. The number of hydrogen-bond donors (Lipinski definition) is 0. The number of piperidine rings is 1. The lowest BCUT2D eigenvalue weighted by Gasteiger charge is -2.31. The normalized spacial score (nSPS) is 15.9. The molecule has 0 saturated carbocycles. The molecular weight excluding hydrogens is 468 g/mol. The van der Waals surface area contributed by atoms with Crippen LogP contribution in [0.2, 0.25) is 5.02 Å². The second-order valence-electron chi connectivity index (χ2n) is 7.52. The van der Waals surface area contributed by atoms with E-state index in [1.54, 1.807) is 18.3 Å². The largest absolute Gasteiger partial charge is 0.250 e. The Morgan fingerprint density at radius 2 is 1.72 bits per heavy atom. The van der Waals surface area contributed by atoms with E-state index in [9.17, 15) is 8.42 Å². The molecule has 164 valence electrons. The van der Waals surface area contributed by atoms with Crippen molar-refractivity contribution < 1.29 is 13.0 Å². The van der Waals surface area contributed by atoms with E-state index in [1.165, 1.54) is 21.6 Å². The Bertz CT molecular complexity index is 1340. The zero-order chi connectivity index (χ0) is 22.1. The van der Waals surface area contributed by atoms with Crippen LogP contribution in [0, 0.1) is 0 Å². The van der Waals surface area contributed by atoms with Crippen molar-refractivity contribution in [3.05, 3.63) is 71.4 Å². The average Bonchev–Trinajstić information content (AvgIpc) is 3.31. The van der Waals surface area contributed by atoms with E-state index in [2.05, 4.69) is 15.3 Å². The Morgan fingerprint density at radius 1 is 0.969 bits per heavy atom. The predicted octanol–water partition coefficient (Wildman–Crippen LogP) is 4.99. The van der Waals surface area contributed by atoms with Gasteiger partial charge in [-0.05, 0) is 71.0 Å². The maximum Gasteiger partial charge on any atom is 0.245 e. The number of nitrogens with zero attached hydrogens (tertiary/aromatic N) is 4. The highest BCUT2D eigenvalue weighted by molar-refractivity contribution is 7.99. The number of rotatable bonds is 5. The summed E-state index contributed by atoms with van der Waals surface area (Å²) in [6, 6.07) is 16.7. The molecule has 0 spiro atoms. The van der Waals surface area contributed by atoms with Gasteiger partial charge in [0, 0.05) is 29.2 Å². The van der Waals surface area contributed by atoms with Crippen LogP contribution < -0.4 is 0 Å². The van der Waals surface area contributed by atoms with Crippen molar-refractivity contribution in [1.29, 1.82) is 0 Å². The lowest BCUT2D eigenvalue weighted by molar-refractivity contribution is 0.313. The van der Waals surface area contributed by atoms with Crippen molar-refractivity contribution >= 4 is 44.4 Å². The molecule has 0 N–H and O–H groups in total. The minimum absolute atomic E-state index is 0.115. The van der Waals surface area contributed by atoms with Crippen LogP contribution in [0.5, 0.6) is 0 Å².